The highest BCUT2D eigenvalue weighted by molar-refractivity contribution is 5.63. The molecular weight excluding hydrogens is 289 g/mol. The van der Waals surface area contributed by atoms with Gasteiger partial charge >= 0.3 is 0 Å². The van der Waals surface area contributed by atoms with E-state index in [9.17, 15) is 4.39 Å². The molecule has 3 rings (SSSR count). The van der Waals surface area contributed by atoms with E-state index in [2.05, 4.69) is 24.0 Å². The minimum Gasteiger partial charge on any atom is -0.305 e. The van der Waals surface area contributed by atoms with Crippen LogP contribution in [0.4, 0.5) is 4.39 Å². The van der Waals surface area contributed by atoms with Crippen molar-refractivity contribution in [3.05, 3.63) is 71.7 Å². The average Bonchev–Trinajstić information content (AvgIpc) is 2.90. The maximum absolute atomic E-state index is 13.6. The number of nitrogens with zero attached hydrogens (tertiary/aromatic N) is 3. The zero-order valence-corrected chi connectivity index (χ0v) is 13.6. The lowest BCUT2D eigenvalue weighted by Gasteiger charge is -2.09. The average molecular weight is 309 g/mol. The number of hydrogen-bond donors (Lipinski definition) is 0. The molecule has 0 amide bonds. The number of aryl methyl sites for hydroxylation is 1. The topological polar surface area (TPSA) is 21.1 Å². The van der Waals surface area contributed by atoms with E-state index < -0.39 is 0 Å². The van der Waals surface area contributed by atoms with Crippen LogP contribution in [0.3, 0.4) is 0 Å². The van der Waals surface area contributed by atoms with E-state index in [1.54, 1.807) is 6.07 Å². The molecule has 2 aromatic carbocycles. The predicted octanol–water partition coefficient (Wildman–Crippen LogP) is 4.05. The van der Waals surface area contributed by atoms with Crippen molar-refractivity contribution in [1.29, 1.82) is 0 Å². The maximum Gasteiger partial charge on any atom is 0.123 e. The molecule has 0 fully saturated rings. The second-order valence-electron chi connectivity index (χ2n) is 6.03. The third kappa shape index (κ3) is 3.48. The normalized spacial score (nSPS) is 11.2. The molecule has 23 heavy (non-hydrogen) atoms. The number of rotatable bonds is 4. The van der Waals surface area contributed by atoms with Gasteiger partial charge in [-0.1, -0.05) is 24.3 Å². The second-order valence-corrected chi connectivity index (χ2v) is 6.03. The first-order chi connectivity index (χ1) is 11.0. The SMILES string of the molecule is Cc1cccc(-n2cc(CN(C)C)c(-c3cccc(F)c3)n2)c1. The summed E-state index contributed by atoms with van der Waals surface area (Å²) in [6.45, 7) is 2.80. The monoisotopic (exact) mass is 309 g/mol. The van der Waals surface area contributed by atoms with E-state index in [0.717, 1.165) is 29.1 Å². The zero-order chi connectivity index (χ0) is 16.4. The Bertz CT molecular complexity index is 821. The molecule has 4 heteroatoms. The van der Waals surface area contributed by atoms with Crippen LogP contribution >= 0.6 is 0 Å². The highest BCUT2D eigenvalue weighted by Crippen LogP contribution is 2.25. The summed E-state index contributed by atoms with van der Waals surface area (Å²) in [5.74, 6) is -0.247. The molecule has 0 saturated carbocycles. The minimum atomic E-state index is -0.247. The van der Waals surface area contributed by atoms with E-state index in [0.29, 0.717) is 0 Å². The molecule has 3 aromatic rings. The van der Waals surface area contributed by atoms with Gasteiger partial charge in [0.2, 0.25) is 0 Å². The number of aromatic nitrogens is 2. The van der Waals surface area contributed by atoms with Crippen molar-refractivity contribution in [2.24, 2.45) is 0 Å². The van der Waals surface area contributed by atoms with Gasteiger partial charge in [0.25, 0.3) is 0 Å². The minimum absolute atomic E-state index is 0.247. The van der Waals surface area contributed by atoms with Crippen LogP contribution in [0, 0.1) is 12.7 Å². The highest BCUT2D eigenvalue weighted by Gasteiger charge is 2.13. The first kappa shape index (κ1) is 15.4. The third-order valence-corrected chi connectivity index (χ3v) is 3.64. The Labute approximate surface area is 136 Å². The molecule has 0 aliphatic heterocycles. The highest BCUT2D eigenvalue weighted by atomic mass is 19.1. The standard InChI is InChI=1S/C19H20FN3/c1-14-6-4-9-18(10-14)23-13-16(12-22(2)3)19(21-23)15-7-5-8-17(20)11-15/h4-11,13H,12H2,1-3H3. The summed E-state index contributed by atoms with van der Waals surface area (Å²) in [6.07, 6.45) is 2.02. The largest absolute Gasteiger partial charge is 0.305 e. The van der Waals surface area contributed by atoms with E-state index in [1.165, 1.54) is 17.7 Å². The summed E-state index contributed by atoms with van der Waals surface area (Å²) in [5.41, 5.74) is 4.88. The first-order valence-electron chi connectivity index (χ1n) is 7.59. The molecule has 1 aromatic heterocycles. The summed E-state index contributed by atoms with van der Waals surface area (Å²) >= 11 is 0. The van der Waals surface area contributed by atoms with Crippen molar-refractivity contribution in [2.45, 2.75) is 13.5 Å². The Morgan fingerprint density at radius 1 is 1.09 bits per heavy atom. The quantitative estimate of drug-likeness (QED) is 0.725. The van der Waals surface area contributed by atoms with E-state index in [1.807, 2.05) is 43.2 Å². The zero-order valence-electron chi connectivity index (χ0n) is 13.6. The molecule has 0 spiro atoms. The van der Waals surface area contributed by atoms with Crippen molar-refractivity contribution in [3.63, 3.8) is 0 Å². The first-order valence-corrected chi connectivity index (χ1v) is 7.59. The fourth-order valence-corrected chi connectivity index (χ4v) is 2.65. The maximum atomic E-state index is 13.6. The van der Waals surface area contributed by atoms with E-state index in [4.69, 9.17) is 5.10 Å². The summed E-state index contributed by atoms with van der Waals surface area (Å²) in [6, 6.07) is 14.8. The van der Waals surface area contributed by atoms with Crippen LogP contribution in [0.2, 0.25) is 0 Å². The van der Waals surface area contributed by atoms with Gasteiger partial charge in [-0.05, 0) is 50.8 Å². The number of benzene rings is 2. The van der Waals surface area contributed by atoms with Crippen LogP contribution in [0.1, 0.15) is 11.1 Å². The number of hydrogen-bond acceptors (Lipinski definition) is 2. The molecule has 0 saturated heterocycles. The van der Waals surface area contributed by atoms with Gasteiger partial charge in [0.15, 0.2) is 0 Å². The summed E-state index contributed by atoms with van der Waals surface area (Å²) < 4.78 is 15.5. The van der Waals surface area contributed by atoms with E-state index in [-0.39, 0.29) is 5.82 Å². The molecule has 1 heterocycles. The van der Waals surface area contributed by atoms with Crippen molar-refractivity contribution < 1.29 is 4.39 Å². The fourth-order valence-electron chi connectivity index (χ4n) is 2.65. The van der Waals surface area contributed by atoms with Crippen LogP contribution in [-0.4, -0.2) is 28.8 Å². The predicted molar refractivity (Wildman–Crippen MR) is 91.1 cm³/mol. The van der Waals surface area contributed by atoms with Gasteiger partial charge in [-0.25, -0.2) is 9.07 Å². The molecule has 0 radical (unpaired) electrons. The van der Waals surface area contributed by atoms with Crippen molar-refractivity contribution >= 4 is 0 Å². The Hall–Kier alpha value is -2.46. The van der Waals surface area contributed by atoms with Gasteiger partial charge in [0, 0.05) is 23.9 Å². The van der Waals surface area contributed by atoms with Gasteiger partial charge in [-0.15, -0.1) is 0 Å². The van der Waals surface area contributed by atoms with Gasteiger partial charge in [0.05, 0.1) is 11.4 Å². The Kier molecular flexibility index (Phi) is 4.26. The second kappa shape index (κ2) is 6.34. The molecular formula is C19H20FN3. The molecule has 0 bridgehead atoms. The Morgan fingerprint density at radius 2 is 1.87 bits per heavy atom. The van der Waals surface area contributed by atoms with Crippen molar-refractivity contribution in [2.75, 3.05) is 14.1 Å². The van der Waals surface area contributed by atoms with Crippen LogP contribution in [0.5, 0.6) is 0 Å². The Morgan fingerprint density at radius 3 is 2.57 bits per heavy atom. The van der Waals surface area contributed by atoms with Gasteiger partial charge < -0.3 is 4.90 Å². The summed E-state index contributed by atoms with van der Waals surface area (Å²) in [7, 11) is 4.03. The van der Waals surface area contributed by atoms with Crippen LogP contribution < -0.4 is 0 Å². The molecule has 0 aliphatic rings. The molecule has 0 aliphatic carbocycles. The van der Waals surface area contributed by atoms with E-state index >= 15 is 0 Å². The van der Waals surface area contributed by atoms with Gasteiger partial charge in [-0.3, -0.25) is 0 Å². The Balaban J connectivity index is 2.10. The lowest BCUT2D eigenvalue weighted by Crippen LogP contribution is -2.10. The summed E-state index contributed by atoms with van der Waals surface area (Å²) in [4.78, 5) is 2.08. The third-order valence-electron chi connectivity index (χ3n) is 3.64. The van der Waals surface area contributed by atoms with Gasteiger partial charge in [0.1, 0.15) is 5.82 Å². The lowest BCUT2D eigenvalue weighted by atomic mass is 10.1. The molecule has 0 unspecified atom stereocenters. The lowest BCUT2D eigenvalue weighted by molar-refractivity contribution is 0.403. The van der Waals surface area contributed by atoms with Crippen LogP contribution in [0.15, 0.2) is 54.7 Å². The van der Waals surface area contributed by atoms with Crippen LogP contribution in [0.25, 0.3) is 16.9 Å². The molecule has 0 N–H and O–H groups in total. The number of halogens is 1. The van der Waals surface area contributed by atoms with Crippen molar-refractivity contribution in [1.82, 2.24) is 14.7 Å². The molecule has 3 nitrogen and oxygen atoms in total. The molecule has 0 atom stereocenters. The van der Waals surface area contributed by atoms with Crippen molar-refractivity contribution in [3.8, 4) is 16.9 Å². The van der Waals surface area contributed by atoms with Crippen LogP contribution in [-0.2, 0) is 6.54 Å². The molecule has 118 valence electrons. The summed E-state index contributed by atoms with van der Waals surface area (Å²) in [5, 5.41) is 4.71. The smallest absolute Gasteiger partial charge is 0.123 e. The van der Waals surface area contributed by atoms with Gasteiger partial charge in [-0.2, -0.15) is 5.10 Å². The fraction of sp³-hybridized carbons (Fsp3) is 0.211.